The molecule has 6 heteroatoms. The second-order valence-corrected chi connectivity index (χ2v) is 6.77. The van der Waals surface area contributed by atoms with Crippen LogP contribution in [0, 0.1) is 17.3 Å². The minimum atomic E-state index is -0.696. The van der Waals surface area contributed by atoms with Gasteiger partial charge in [-0.1, -0.05) is 19.3 Å². The summed E-state index contributed by atoms with van der Waals surface area (Å²) in [6, 6.07) is 0. The normalized spacial score (nSPS) is 34.1. The second kappa shape index (κ2) is 4.27. The van der Waals surface area contributed by atoms with Crippen LogP contribution in [0.5, 0.6) is 0 Å². The van der Waals surface area contributed by atoms with Gasteiger partial charge in [-0.2, -0.15) is 0 Å². The molecule has 108 valence electrons. The Labute approximate surface area is 117 Å². The van der Waals surface area contributed by atoms with E-state index in [9.17, 15) is 9.90 Å². The van der Waals surface area contributed by atoms with Crippen LogP contribution in [0.3, 0.4) is 0 Å². The summed E-state index contributed by atoms with van der Waals surface area (Å²) in [7, 11) is 0. The highest BCUT2D eigenvalue weighted by Gasteiger charge is 2.54. The van der Waals surface area contributed by atoms with E-state index < -0.39 is 11.4 Å². The number of aliphatic carboxylic acids is 1. The molecule has 1 N–H and O–H groups in total. The number of hydrogen-bond acceptors (Lipinski definition) is 4. The lowest BCUT2D eigenvalue weighted by Gasteiger charge is -2.37. The monoisotopic (exact) mass is 276 g/mol. The van der Waals surface area contributed by atoms with Gasteiger partial charge < -0.3 is 5.11 Å². The van der Waals surface area contributed by atoms with Crippen molar-refractivity contribution < 1.29 is 9.90 Å². The molecule has 4 rings (SSSR count). The van der Waals surface area contributed by atoms with Gasteiger partial charge in [0.2, 0.25) is 0 Å². The number of hydrogen-bond donors (Lipinski definition) is 1. The van der Waals surface area contributed by atoms with E-state index in [1.165, 1.54) is 25.7 Å². The van der Waals surface area contributed by atoms with Crippen molar-refractivity contribution in [2.45, 2.75) is 57.4 Å². The maximum atomic E-state index is 11.5. The number of rotatable bonds is 4. The van der Waals surface area contributed by atoms with Crippen molar-refractivity contribution in [1.29, 1.82) is 0 Å². The Bertz CT molecular complexity index is 525. The van der Waals surface area contributed by atoms with Crippen molar-refractivity contribution in [1.82, 2.24) is 20.2 Å². The van der Waals surface area contributed by atoms with E-state index in [2.05, 4.69) is 15.5 Å². The van der Waals surface area contributed by atoms with Gasteiger partial charge in [0.15, 0.2) is 5.82 Å². The van der Waals surface area contributed by atoms with Crippen LogP contribution in [0.4, 0.5) is 0 Å². The summed E-state index contributed by atoms with van der Waals surface area (Å²) in [6.07, 6.45) is 7.70. The highest BCUT2D eigenvalue weighted by Crippen LogP contribution is 2.60. The second-order valence-electron chi connectivity index (χ2n) is 6.77. The molecule has 3 aliphatic carbocycles. The summed E-state index contributed by atoms with van der Waals surface area (Å²) in [5.41, 5.74) is -0.621. The van der Waals surface area contributed by atoms with Crippen molar-refractivity contribution in [3.8, 4) is 0 Å². The smallest absolute Gasteiger partial charge is 0.311 e. The molecule has 1 aromatic rings. The molecule has 3 aliphatic rings. The van der Waals surface area contributed by atoms with E-state index in [0.717, 1.165) is 36.9 Å². The SMILES string of the molecule is O=C(O)C1(Cn2nnnc2C2C3CCCCC32)CCC1. The fourth-order valence-electron chi connectivity index (χ4n) is 4.27. The third-order valence-corrected chi connectivity index (χ3v) is 5.73. The minimum absolute atomic E-state index is 0.445. The highest BCUT2D eigenvalue weighted by molar-refractivity contribution is 5.75. The molecule has 0 aromatic carbocycles. The predicted octanol–water partition coefficient (Wildman–Crippen LogP) is 1.83. The Hall–Kier alpha value is -1.46. The zero-order valence-corrected chi connectivity index (χ0v) is 11.5. The van der Waals surface area contributed by atoms with E-state index in [4.69, 9.17) is 0 Å². The van der Waals surface area contributed by atoms with E-state index >= 15 is 0 Å². The molecule has 0 saturated heterocycles. The standard InChI is InChI=1S/C14H20N4O2/c19-13(20)14(6-3-7-14)8-18-12(15-16-17-18)11-9-4-1-2-5-10(9)11/h9-11H,1-8H2,(H,19,20). The fraction of sp³-hybridized carbons (Fsp3) is 0.857. The average molecular weight is 276 g/mol. The van der Waals surface area contributed by atoms with Gasteiger partial charge in [-0.3, -0.25) is 4.79 Å². The van der Waals surface area contributed by atoms with Crippen LogP contribution in [0.15, 0.2) is 0 Å². The molecular formula is C14H20N4O2. The van der Waals surface area contributed by atoms with Crippen LogP contribution in [-0.4, -0.2) is 31.3 Å². The van der Waals surface area contributed by atoms with Crippen LogP contribution in [-0.2, 0) is 11.3 Å². The lowest BCUT2D eigenvalue weighted by molar-refractivity contribution is -0.156. The third kappa shape index (κ3) is 1.70. The highest BCUT2D eigenvalue weighted by atomic mass is 16.4. The zero-order valence-electron chi connectivity index (χ0n) is 11.5. The molecule has 1 aromatic heterocycles. The van der Waals surface area contributed by atoms with Gasteiger partial charge in [0, 0.05) is 5.92 Å². The molecule has 0 bridgehead atoms. The number of aromatic nitrogens is 4. The number of carboxylic acids is 1. The Morgan fingerprint density at radius 2 is 1.95 bits per heavy atom. The summed E-state index contributed by atoms with van der Waals surface area (Å²) in [4.78, 5) is 11.5. The molecule has 0 amide bonds. The van der Waals surface area contributed by atoms with E-state index in [1.54, 1.807) is 4.68 Å². The van der Waals surface area contributed by atoms with Crippen LogP contribution in [0.1, 0.15) is 56.7 Å². The molecular weight excluding hydrogens is 256 g/mol. The molecule has 0 spiro atoms. The minimum Gasteiger partial charge on any atom is -0.481 e. The first-order valence-corrected chi connectivity index (χ1v) is 7.71. The zero-order chi connectivity index (χ0) is 13.7. The quantitative estimate of drug-likeness (QED) is 0.907. The maximum absolute atomic E-state index is 11.5. The number of nitrogens with zero attached hydrogens (tertiary/aromatic N) is 4. The van der Waals surface area contributed by atoms with Crippen molar-refractivity contribution in [2.24, 2.45) is 17.3 Å². The largest absolute Gasteiger partial charge is 0.481 e. The fourth-order valence-corrected chi connectivity index (χ4v) is 4.27. The van der Waals surface area contributed by atoms with Gasteiger partial charge in [-0.25, -0.2) is 4.68 Å². The van der Waals surface area contributed by atoms with Gasteiger partial charge in [0.05, 0.1) is 12.0 Å². The lowest BCUT2D eigenvalue weighted by Crippen LogP contribution is -2.42. The summed E-state index contributed by atoms with van der Waals surface area (Å²) < 4.78 is 1.79. The van der Waals surface area contributed by atoms with Gasteiger partial charge in [-0.05, 0) is 47.9 Å². The molecule has 1 heterocycles. The third-order valence-electron chi connectivity index (χ3n) is 5.73. The van der Waals surface area contributed by atoms with Crippen molar-refractivity contribution >= 4 is 5.97 Å². The van der Waals surface area contributed by atoms with Gasteiger partial charge >= 0.3 is 5.97 Å². The van der Waals surface area contributed by atoms with Crippen molar-refractivity contribution in [2.75, 3.05) is 0 Å². The van der Waals surface area contributed by atoms with Gasteiger partial charge in [0.25, 0.3) is 0 Å². The lowest BCUT2D eigenvalue weighted by atomic mass is 9.69. The van der Waals surface area contributed by atoms with Crippen molar-refractivity contribution in [3.63, 3.8) is 0 Å². The van der Waals surface area contributed by atoms with Crippen molar-refractivity contribution in [3.05, 3.63) is 5.82 Å². The Balaban J connectivity index is 1.55. The molecule has 0 radical (unpaired) electrons. The molecule has 3 fully saturated rings. The molecule has 2 unspecified atom stereocenters. The number of tetrazole rings is 1. The predicted molar refractivity (Wildman–Crippen MR) is 69.9 cm³/mol. The summed E-state index contributed by atoms with van der Waals surface area (Å²) in [5, 5.41) is 21.6. The summed E-state index contributed by atoms with van der Waals surface area (Å²) in [5.74, 6) is 2.22. The molecule has 3 saturated carbocycles. The number of carbonyl (C=O) groups is 1. The van der Waals surface area contributed by atoms with E-state index in [1.807, 2.05) is 0 Å². The Morgan fingerprint density at radius 1 is 1.25 bits per heavy atom. The molecule has 6 nitrogen and oxygen atoms in total. The Kier molecular flexibility index (Phi) is 2.62. The van der Waals surface area contributed by atoms with Gasteiger partial charge in [0.1, 0.15) is 0 Å². The first kappa shape index (κ1) is 12.3. The number of fused-ring (bicyclic) bond motifs is 1. The van der Waals surface area contributed by atoms with Crippen LogP contribution in [0.25, 0.3) is 0 Å². The summed E-state index contributed by atoms with van der Waals surface area (Å²) in [6.45, 7) is 0.445. The first-order valence-electron chi connectivity index (χ1n) is 7.71. The maximum Gasteiger partial charge on any atom is 0.311 e. The molecule has 0 aliphatic heterocycles. The first-order chi connectivity index (χ1) is 9.71. The van der Waals surface area contributed by atoms with Crippen LogP contribution in [0.2, 0.25) is 0 Å². The Morgan fingerprint density at radius 3 is 2.50 bits per heavy atom. The van der Waals surface area contributed by atoms with E-state index in [0.29, 0.717) is 12.5 Å². The van der Waals surface area contributed by atoms with Crippen LogP contribution >= 0.6 is 0 Å². The molecule has 2 atom stereocenters. The summed E-state index contributed by atoms with van der Waals surface area (Å²) >= 11 is 0. The van der Waals surface area contributed by atoms with Gasteiger partial charge in [-0.15, -0.1) is 5.10 Å². The molecule has 20 heavy (non-hydrogen) atoms. The topological polar surface area (TPSA) is 80.9 Å². The average Bonchev–Trinajstić information content (AvgIpc) is 2.94. The van der Waals surface area contributed by atoms with E-state index in [-0.39, 0.29) is 0 Å². The van der Waals surface area contributed by atoms with Crippen LogP contribution < -0.4 is 0 Å². The number of carboxylic acid groups (broad SMARTS) is 1.